The molecule has 1 amide bonds. The third-order valence-electron chi connectivity index (χ3n) is 3.86. The minimum atomic E-state index is -0.490. The van der Waals surface area contributed by atoms with Crippen LogP contribution in [0, 0.1) is 5.82 Å². The van der Waals surface area contributed by atoms with Gasteiger partial charge in [-0.2, -0.15) is 0 Å². The number of piperidine rings is 1. The molecule has 2 N–H and O–H groups in total. The Hall–Kier alpha value is -1.62. The SMILES string of the molecule is CC(C)(C)OC(=O)N1CCC(N)(Cc2cccc(F)c2)CC1. The van der Waals surface area contributed by atoms with E-state index in [0.717, 1.165) is 5.56 Å². The molecule has 0 saturated carbocycles. The second kappa shape index (κ2) is 6.24. The monoisotopic (exact) mass is 308 g/mol. The lowest BCUT2D eigenvalue weighted by atomic mass is 9.83. The predicted octanol–water partition coefficient (Wildman–Crippen LogP) is 3.10. The number of carbonyl (C=O) groups excluding carboxylic acids is 1. The van der Waals surface area contributed by atoms with Crippen molar-refractivity contribution in [3.05, 3.63) is 35.6 Å². The molecular weight excluding hydrogens is 283 g/mol. The van der Waals surface area contributed by atoms with Crippen molar-refractivity contribution in [2.45, 2.75) is 51.2 Å². The Morgan fingerprint density at radius 1 is 1.36 bits per heavy atom. The molecule has 1 aliphatic rings. The van der Waals surface area contributed by atoms with Gasteiger partial charge in [-0.3, -0.25) is 0 Å². The topological polar surface area (TPSA) is 55.6 Å². The van der Waals surface area contributed by atoms with E-state index in [1.807, 2.05) is 26.8 Å². The first-order valence-electron chi connectivity index (χ1n) is 7.68. The summed E-state index contributed by atoms with van der Waals surface area (Å²) in [4.78, 5) is 13.7. The van der Waals surface area contributed by atoms with Crippen molar-refractivity contribution in [1.82, 2.24) is 4.90 Å². The fraction of sp³-hybridized carbons (Fsp3) is 0.588. The smallest absolute Gasteiger partial charge is 0.410 e. The minimum absolute atomic E-state index is 0.243. The highest BCUT2D eigenvalue weighted by Crippen LogP contribution is 2.25. The quantitative estimate of drug-likeness (QED) is 0.913. The molecule has 0 spiro atoms. The van der Waals surface area contributed by atoms with E-state index in [0.29, 0.717) is 32.4 Å². The molecule has 0 atom stereocenters. The molecule has 0 radical (unpaired) electrons. The third kappa shape index (κ3) is 4.70. The normalized spacial score (nSPS) is 18.1. The maximum Gasteiger partial charge on any atom is 0.410 e. The predicted molar refractivity (Wildman–Crippen MR) is 84.1 cm³/mol. The summed E-state index contributed by atoms with van der Waals surface area (Å²) in [7, 11) is 0. The van der Waals surface area contributed by atoms with Gasteiger partial charge in [0.1, 0.15) is 11.4 Å². The Morgan fingerprint density at radius 3 is 2.55 bits per heavy atom. The summed E-state index contributed by atoms with van der Waals surface area (Å²) >= 11 is 0. The summed E-state index contributed by atoms with van der Waals surface area (Å²) in [5, 5.41) is 0. The van der Waals surface area contributed by atoms with Gasteiger partial charge in [-0.05, 0) is 57.7 Å². The Balaban J connectivity index is 1.91. The summed E-state index contributed by atoms with van der Waals surface area (Å²) in [6.45, 7) is 6.70. The van der Waals surface area contributed by atoms with E-state index in [4.69, 9.17) is 10.5 Å². The first kappa shape index (κ1) is 16.7. The zero-order valence-electron chi connectivity index (χ0n) is 13.6. The van der Waals surface area contributed by atoms with Crippen molar-refractivity contribution < 1.29 is 13.9 Å². The Bertz CT molecular complexity index is 532. The maximum atomic E-state index is 13.3. The number of benzene rings is 1. The molecule has 4 nitrogen and oxygen atoms in total. The summed E-state index contributed by atoms with van der Waals surface area (Å²) in [5.41, 5.74) is 6.44. The molecule has 0 unspecified atom stereocenters. The first-order valence-corrected chi connectivity index (χ1v) is 7.68. The molecule has 22 heavy (non-hydrogen) atoms. The highest BCUT2D eigenvalue weighted by molar-refractivity contribution is 5.68. The summed E-state index contributed by atoms with van der Waals surface area (Å²) < 4.78 is 18.6. The van der Waals surface area contributed by atoms with Gasteiger partial charge in [0, 0.05) is 18.6 Å². The fourth-order valence-corrected chi connectivity index (χ4v) is 2.69. The second-order valence-corrected chi connectivity index (χ2v) is 7.14. The van der Waals surface area contributed by atoms with Crippen molar-refractivity contribution in [1.29, 1.82) is 0 Å². The van der Waals surface area contributed by atoms with E-state index < -0.39 is 11.1 Å². The van der Waals surface area contributed by atoms with E-state index in [9.17, 15) is 9.18 Å². The lowest BCUT2D eigenvalue weighted by Gasteiger charge is -2.39. The first-order chi connectivity index (χ1) is 10.2. The number of amides is 1. The van der Waals surface area contributed by atoms with Gasteiger partial charge >= 0.3 is 6.09 Å². The van der Waals surface area contributed by atoms with Crippen LogP contribution in [0.15, 0.2) is 24.3 Å². The van der Waals surface area contributed by atoms with Crippen LogP contribution in [0.4, 0.5) is 9.18 Å². The van der Waals surface area contributed by atoms with Crippen LogP contribution in [-0.4, -0.2) is 35.2 Å². The van der Waals surface area contributed by atoms with Crippen molar-refractivity contribution in [2.24, 2.45) is 5.73 Å². The van der Waals surface area contributed by atoms with Gasteiger partial charge in [0.25, 0.3) is 0 Å². The van der Waals surface area contributed by atoms with Crippen molar-refractivity contribution in [3.8, 4) is 0 Å². The molecule has 1 aromatic carbocycles. The molecule has 1 aliphatic heterocycles. The summed E-state index contributed by atoms with van der Waals surface area (Å²) in [6.07, 6.45) is 1.69. The zero-order chi connectivity index (χ0) is 16.4. The van der Waals surface area contributed by atoms with Gasteiger partial charge in [0.15, 0.2) is 0 Å². The van der Waals surface area contributed by atoms with E-state index in [-0.39, 0.29) is 11.9 Å². The summed E-state index contributed by atoms with van der Waals surface area (Å²) in [6, 6.07) is 6.54. The molecule has 0 bridgehead atoms. The third-order valence-corrected chi connectivity index (χ3v) is 3.86. The fourth-order valence-electron chi connectivity index (χ4n) is 2.69. The molecule has 1 aromatic rings. The van der Waals surface area contributed by atoms with Crippen LogP contribution < -0.4 is 5.73 Å². The summed E-state index contributed by atoms with van der Waals surface area (Å²) in [5.74, 6) is -0.243. The van der Waals surface area contributed by atoms with Gasteiger partial charge < -0.3 is 15.4 Å². The molecule has 1 heterocycles. The number of carbonyl (C=O) groups is 1. The number of hydrogen-bond acceptors (Lipinski definition) is 3. The van der Waals surface area contributed by atoms with Gasteiger partial charge in [-0.1, -0.05) is 12.1 Å². The van der Waals surface area contributed by atoms with Crippen molar-refractivity contribution in [3.63, 3.8) is 0 Å². The van der Waals surface area contributed by atoms with Gasteiger partial charge in [0.2, 0.25) is 0 Å². The van der Waals surface area contributed by atoms with Crippen LogP contribution in [0.2, 0.25) is 0 Å². The number of hydrogen-bond donors (Lipinski definition) is 1. The number of nitrogens with two attached hydrogens (primary N) is 1. The molecule has 1 saturated heterocycles. The molecular formula is C17H25FN2O2. The van der Waals surface area contributed by atoms with Crippen LogP contribution >= 0.6 is 0 Å². The van der Waals surface area contributed by atoms with Gasteiger partial charge in [0.05, 0.1) is 0 Å². The average molecular weight is 308 g/mol. The minimum Gasteiger partial charge on any atom is -0.444 e. The highest BCUT2D eigenvalue weighted by Gasteiger charge is 2.34. The second-order valence-electron chi connectivity index (χ2n) is 7.14. The number of likely N-dealkylation sites (tertiary alicyclic amines) is 1. The molecule has 0 aromatic heterocycles. The number of halogens is 1. The number of rotatable bonds is 2. The van der Waals surface area contributed by atoms with E-state index in [1.165, 1.54) is 12.1 Å². The Labute approximate surface area is 131 Å². The standard InChI is InChI=1S/C17H25FN2O2/c1-16(2,3)22-15(21)20-9-7-17(19,8-10-20)12-13-5-4-6-14(18)11-13/h4-6,11H,7-10,12,19H2,1-3H3. The van der Waals surface area contributed by atoms with Crippen molar-refractivity contribution in [2.75, 3.05) is 13.1 Å². The Kier molecular flexibility index (Phi) is 4.75. The van der Waals surface area contributed by atoms with Gasteiger partial charge in [-0.15, -0.1) is 0 Å². The largest absolute Gasteiger partial charge is 0.444 e. The lowest BCUT2D eigenvalue weighted by molar-refractivity contribution is 0.0169. The zero-order valence-corrected chi connectivity index (χ0v) is 13.6. The molecule has 122 valence electrons. The number of ether oxygens (including phenoxy) is 1. The Morgan fingerprint density at radius 2 is 2.00 bits per heavy atom. The van der Waals surface area contributed by atoms with Crippen molar-refractivity contribution >= 4 is 6.09 Å². The van der Waals surface area contributed by atoms with Crippen LogP contribution in [0.3, 0.4) is 0 Å². The van der Waals surface area contributed by atoms with Crippen LogP contribution in [0.1, 0.15) is 39.2 Å². The van der Waals surface area contributed by atoms with E-state index in [1.54, 1.807) is 11.0 Å². The van der Waals surface area contributed by atoms with E-state index >= 15 is 0 Å². The molecule has 5 heteroatoms. The number of nitrogens with zero attached hydrogens (tertiary/aromatic N) is 1. The lowest BCUT2D eigenvalue weighted by Crippen LogP contribution is -2.53. The van der Waals surface area contributed by atoms with Crippen LogP contribution in [-0.2, 0) is 11.2 Å². The maximum absolute atomic E-state index is 13.3. The van der Waals surface area contributed by atoms with Crippen LogP contribution in [0.5, 0.6) is 0 Å². The average Bonchev–Trinajstić information content (AvgIpc) is 2.36. The van der Waals surface area contributed by atoms with E-state index in [2.05, 4.69) is 0 Å². The van der Waals surface area contributed by atoms with Crippen LogP contribution in [0.25, 0.3) is 0 Å². The molecule has 1 fully saturated rings. The van der Waals surface area contributed by atoms with Gasteiger partial charge in [-0.25, -0.2) is 9.18 Å². The highest BCUT2D eigenvalue weighted by atomic mass is 19.1. The molecule has 0 aliphatic carbocycles. The molecule has 2 rings (SSSR count).